The zero-order valence-electron chi connectivity index (χ0n) is 10.8. The van der Waals surface area contributed by atoms with Crippen LogP contribution in [0.5, 0.6) is 5.75 Å². The van der Waals surface area contributed by atoms with Crippen molar-refractivity contribution in [2.24, 2.45) is 5.92 Å². The lowest BCUT2D eigenvalue weighted by atomic mass is 9.80. The van der Waals surface area contributed by atoms with E-state index in [0.29, 0.717) is 6.04 Å². The Labute approximate surface area is 104 Å². The zero-order chi connectivity index (χ0) is 12.1. The second kappa shape index (κ2) is 5.89. The van der Waals surface area contributed by atoms with Crippen LogP contribution in [-0.2, 0) is 0 Å². The van der Waals surface area contributed by atoms with Gasteiger partial charge < -0.3 is 10.1 Å². The van der Waals surface area contributed by atoms with E-state index < -0.39 is 0 Å². The summed E-state index contributed by atoms with van der Waals surface area (Å²) in [6.45, 7) is 5.10. The Morgan fingerprint density at radius 2 is 2.35 bits per heavy atom. The lowest BCUT2D eigenvalue weighted by Gasteiger charge is -2.32. The molecule has 1 heterocycles. The van der Waals surface area contributed by atoms with Crippen molar-refractivity contribution in [3.8, 4) is 5.75 Å². The summed E-state index contributed by atoms with van der Waals surface area (Å²) in [5.41, 5.74) is 0. The average Bonchev–Trinajstić information content (AvgIpc) is 2.25. The van der Waals surface area contributed by atoms with E-state index in [9.17, 15) is 0 Å². The largest absolute Gasteiger partial charge is 0.490 e. The third kappa shape index (κ3) is 3.11. The molecule has 0 amide bonds. The van der Waals surface area contributed by atoms with E-state index in [-0.39, 0.29) is 0 Å². The summed E-state index contributed by atoms with van der Waals surface area (Å²) in [7, 11) is 0. The molecule has 0 saturated heterocycles. The molecule has 1 saturated carbocycles. The van der Waals surface area contributed by atoms with E-state index in [1.54, 1.807) is 0 Å². The van der Waals surface area contributed by atoms with E-state index in [1.807, 2.05) is 18.3 Å². The van der Waals surface area contributed by atoms with Crippen LogP contribution in [-0.4, -0.2) is 17.6 Å². The van der Waals surface area contributed by atoms with Gasteiger partial charge >= 0.3 is 0 Å². The van der Waals surface area contributed by atoms with Crippen LogP contribution in [0.25, 0.3) is 0 Å². The summed E-state index contributed by atoms with van der Waals surface area (Å²) in [5, 5.41) is 3.49. The molecule has 1 unspecified atom stereocenters. The first kappa shape index (κ1) is 12.2. The van der Waals surface area contributed by atoms with Gasteiger partial charge in [0, 0.05) is 12.2 Å². The van der Waals surface area contributed by atoms with Crippen molar-refractivity contribution in [3.05, 3.63) is 18.3 Å². The van der Waals surface area contributed by atoms with Crippen molar-refractivity contribution in [3.63, 3.8) is 0 Å². The fraction of sp³-hybridized carbons (Fsp3) is 0.643. The van der Waals surface area contributed by atoms with Gasteiger partial charge in [-0.2, -0.15) is 0 Å². The highest BCUT2D eigenvalue weighted by Gasteiger charge is 2.24. The lowest BCUT2D eigenvalue weighted by molar-refractivity contribution is 0.282. The van der Waals surface area contributed by atoms with Gasteiger partial charge in [0.05, 0.1) is 6.61 Å². The summed E-state index contributed by atoms with van der Waals surface area (Å²) in [5.74, 6) is 2.57. The zero-order valence-corrected chi connectivity index (χ0v) is 10.8. The van der Waals surface area contributed by atoms with Crippen LogP contribution < -0.4 is 10.1 Å². The molecule has 0 radical (unpaired) electrons. The molecule has 0 spiro atoms. The molecule has 3 nitrogen and oxygen atoms in total. The third-order valence-corrected chi connectivity index (χ3v) is 3.45. The monoisotopic (exact) mass is 234 g/mol. The SMILES string of the molecule is CCCOc1cccnc1NC(C)C1CCC1. The molecule has 1 aromatic heterocycles. The second-order valence-corrected chi connectivity index (χ2v) is 4.82. The number of nitrogens with one attached hydrogen (secondary N) is 1. The van der Waals surface area contributed by atoms with E-state index >= 15 is 0 Å². The maximum absolute atomic E-state index is 5.69. The number of hydrogen-bond acceptors (Lipinski definition) is 3. The summed E-state index contributed by atoms with van der Waals surface area (Å²) >= 11 is 0. The molecular weight excluding hydrogens is 212 g/mol. The summed E-state index contributed by atoms with van der Waals surface area (Å²) in [6, 6.07) is 4.39. The van der Waals surface area contributed by atoms with E-state index in [4.69, 9.17) is 4.74 Å². The molecule has 17 heavy (non-hydrogen) atoms. The molecule has 1 N–H and O–H groups in total. The Morgan fingerprint density at radius 3 is 3.00 bits per heavy atom. The van der Waals surface area contributed by atoms with Crippen molar-refractivity contribution in [1.82, 2.24) is 4.98 Å². The topological polar surface area (TPSA) is 34.1 Å². The van der Waals surface area contributed by atoms with Gasteiger partial charge in [0.25, 0.3) is 0 Å². The normalized spacial score (nSPS) is 17.3. The Balaban J connectivity index is 1.98. The minimum absolute atomic E-state index is 0.489. The molecule has 2 rings (SSSR count). The van der Waals surface area contributed by atoms with Crippen LogP contribution in [0.4, 0.5) is 5.82 Å². The number of hydrogen-bond donors (Lipinski definition) is 1. The number of nitrogens with zero attached hydrogens (tertiary/aromatic N) is 1. The van der Waals surface area contributed by atoms with Crippen LogP contribution in [0.2, 0.25) is 0 Å². The van der Waals surface area contributed by atoms with E-state index in [0.717, 1.165) is 30.5 Å². The van der Waals surface area contributed by atoms with Gasteiger partial charge in [-0.1, -0.05) is 13.3 Å². The van der Waals surface area contributed by atoms with Crippen LogP contribution in [0.15, 0.2) is 18.3 Å². The summed E-state index contributed by atoms with van der Waals surface area (Å²) in [4.78, 5) is 4.38. The number of rotatable bonds is 6. The average molecular weight is 234 g/mol. The Kier molecular flexibility index (Phi) is 4.24. The standard InChI is InChI=1S/C14H22N2O/c1-3-10-17-13-8-5-9-15-14(13)16-11(2)12-6-4-7-12/h5,8-9,11-12H,3-4,6-7,10H2,1-2H3,(H,15,16). The van der Waals surface area contributed by atoms with Gasteiger partial charge in [-0.15, -0.1) is 0 Å². The van der Waals surface area contributed by atoms with Crippen molar-refractivity contribution in [1.29, 1.82) is 0 Å². The van der Waals surface area contributed by atoms with Gasteiger partial charge in [0.1, 0.15) is 0 Å². The molecule has 0 aromatic carbocycles. The fourth-order valence-corrected chi connectivity index (χ4v) is 2.10. The van der Waals surface area contributed by atoms with Crippen LogP contribution in [0.1, 0.15) is 39.5 Å². The minimum atomic E-state index is 0.489. The van der Waals surface area contributed by atoms with Crippen molar-refractivity contribution < 1.29 is 4.74 Å². The minimum Gasteiger partial charge on any atom is -0.490 e. The first-order valence-electron chi connectivity index (χ1n) is 6.65. The van der Waals surface area contributed by atoms with Gasteiger partial charge in [0.15, 0.2) is 11.6 Å². The van der Waals surface area contributed by atoms with Gasteiger partial charge in [-0.3, -0.25) is 0 Å². The molecule has 1 aromatic rings. The highest BCUT2D eigenvalue weighted by atomic mass is 16.5. The molecule has 1 atom stereocenters. The van der Waals surface area contributed by atoms with Gasteiger partial charge in [-0.25, -0.2) is 4.98 Å². The van der Waals surface area contributed by atoms with E-state index in [1.165, 1.54) is 19.3 Å². The molecule has 94 valence electrons. The van der Waals surface area contributed by atoms with E-state index in [2.05, 4.69) is 24.1 Å². The fourth-order valence-electron chi connectivity index (χ4n) is 2.10. The Bertz CT molecular complexity index is 350. The summed E-state index contributed by atoms with van der Waals surface area (Å²) < 4.78 is 5.69. The molecule has 1 fully saturated rings. The van der Waals surface area contributed by atoms with Crippen LogP contribution in [0, 0.1) is 5.92 Å². The Hall–Kier alpha value is -1.25. The van der Waals surface area contributed by atoms with Gasteiger partial charge in [-0.05, 0) is 44.2 Å². The maximum Gasteiger partial charge on any atom is 0.168 e. The highest BCUT2D eigenvalue weighted by Crippen LogP contribution is 2.32. The summed E-state index contributed by atoms with van der Waals surface area (Å²) in [6.07, 6.45) is 6.89. The molecule has 1 aliphatic rings. The van der Waals surface area contributed by atoms with Crippen molar-refractivity contribution >= 4 is 5.82 Å². The first-order chi connectivity index (χ1) is 8.31. The number of pyridine rings is 1. The number of aromatic nitrogens is 1. The lowest BCUT2D eigenvalue weighted by Crippen LogP contribution is -2.31. The van der Waals surface area contributed by atoms with Gasteiger partial charge in [0.2, 0.25) is 0 Å². The molecular formula is C14H22N2O. The molecule has 0 aliphatic heterocycles. The first-order valence-corrected chi connectivity index (χ1v) is 6.65. The Morgan fingerprint density at radius 1 is 1.53 bits per heavy atom. The highest BCUT2D eigenvalue weighted by molar-refractivity contribution is 5.50. The smallest absolute Gasteiger partial charge is 0.168 e. The quantitative estimate of drug-likeness (QED) is 0.818. The maximum atomic E-state index is 5.69. The third-order valence-electron chi connectivity index (χ3n) is 3.45. The second-order valence-electron chi connectivity index (χ2n) is 4.82. The van der Waals surface area contributed by atoms with Crippen LogP contribution >= 0.6 is 0 Å². The number of anilines is 1. The number of ether oxygens (including phenoxy) is 1. The van der Waals surface area contributed by atoms with Crippen LogP contribution in [0.3, 0.4) is 0 Å². The molecule has 1 aliphatic carbocycles. The molecule has 0 bridgehead atoms. The predicted molar refractivity (Wildman–Crippen MR) is 70.4 cm³/mol. The predicted octanol–water partition coefficient (Wildman–Crippen LogP) is 3.47. The molecule has 3 heteroatoms. The van der Waals surface area contributed by atoms with Crippen molar-refractivity contribution in [2.75, 3.05) is 11.9 Å². The van der Waals surface area contributed by atoms with Crippen molar-refractivity contribution in [2.45, 2.75) is 45.6 Å².